The van der Waals surface area contributed by atoms with E-state index in [1.165, 1.54) is 58.4 Å². The van der Waals surface area contributed by atoms with Crippen LogP contribution in [-0.2, 0) is 16.7 Å². The minimum absolute atomic E-state index is 0. The van der Waals surface area contributed by atoms with Crippen LogP contribution in [-0.4, -0.2) is 50.1 Å². The first-order chi connectivity index (χ1) is 18.1. The molecule has 39 heavy (non-hydrogen) atoms. The number of methoxy groups -OCH3 is 1. The number of tetrazole rings is 1. The fourth-order valence-corrected chi connectivity index (χ4v) is 5.50. The number of rotatable bonds is 7. The van der Waals surface area contributed by atoms with E-state index in [2.05, 4.69) is 15.2 Å². The molecule has 13 nitrogen and oxygen atoms in total. The summed E-state index contributed by atoms with van der Waals surface area (Å²) in [7, 11) is -3.35. The molecule has 2 aromatic heterocycles. The summed E-state index contributed by atoms with van der Waals surface area (Å²) in [5.41, 5.74) is 1.29. The average Bonchev–Trinajstić information content (AvgIpc) is 3.51. The number of aryl methyl sites for hydroxylation is 1. The molecular formula is C23H18N6NaO7S2+. The van der Waals surface area contributed by atoms with Gasteiger partial charge in [-0.25, -0.2) is 8.42 Å². The number of aliphatic hydroxyl groups excluding tert-OH is 1. The van der Waals surface area contributed by atoms with Crippen LogP contribution in [0.25, 0.3) is 32.4 Å². The van der Waals surface area contributed by atoms with Gasteiger partial charge in [0.2, 0.25) is 0 Å². The maximum Gasteiger partial charge on any atom is 1.00 e. The van der Waals surface area contributed by atoms with E-state index in [-0.39, 0.29) is 57.9 Å². The van der Waals surface area contributed by atoms with Gasteiger partial charge in [-0.1, -0.05) is 22.4 Å². The molecule has 0 aliphatic rings. The molecule has 1 N–H and O–H groups in total. The van der Waals surface area contributed by atoms with Gasteiger partial charge in [-0.15, -0.1) is 0 Å². The standard InChI is InChI=1S/C23H18N6O7S2.Na/c1-13-3-6-17(21(9-13)38(33,34)35)22-25-27(19-8-4-15(29(31)32)10-14(19)12-30)28(26-22)23-24-18-7-5-16(36-2)11-20(18)37-23;/h3-11,30H,12H2,1-2H3;/q;+1. The fourth-order valence-electron chi connectivity index (χ4n) is 3.81. The Morgan fingerprint density at radius 2 is 1.92 bits per heavy atom. The molecule has 0 saturated carbocycles. The molecule has 0 radical (unpaired) electrons. The summed E-state index contributed by atoms with van der Waals surface area (Å²) in [4.78, 5) is 17.3. The van der Waals surface area contributed by atoms with E-state index in [4.69, 9.17) is 4.74 Å². The molecule has 0 saturated heterocycles. The van der Waals surface area contributed by atoms with Crippen LogP contribution in [0.3, 0.4) is 0 Å². The van der Waals surface area contributed by atoms with E-state index < -0.39 is 26.5 Å². The second-order valence-electron chi connectivity index (χ2n) is 8.11. The third-order valence-corrected chi connectivity index (χ3v) is 7.48. The molecule has 0 aliphatic heterocycles. The minimum atomic E-state index is -4.88. The van der Waals surface area contributed by atoms with E-state index in [9.17, 15) is 28.2 Å². The molecule has 0 spiro atoms. The van der Waals surface area contributed by atoms with Gasteiger partial charge in [0.25, 0.3) is 11.5 Å². The quantitative estimate of drug-likeness (QED) is 0.0868. The van der Waals surface area contributed by atoms with Crippen molar-refractivity contribution in [2.45, 2.75) is 18.4 Å². The van der Waals surface area contributed by atoms with E-state index in [1.807, 2.05) is 0 Å². The third-order valence-electron chi connectivity index (χ3n) is 5.62. The topological polar surface area (TPSA) is 177 Å². The summed E-state index contributed by atoms with van der Waals surface area (Å²) in [5.74, 6) is 0.501. The molecule has 0 fully saturated rings. The van der Waals surface area contributed by atoms with Gasteiger partial charge < -0.3 is 14.4 Å². The molecule has 0 atom stereocenters. The van der Waals surface area contributed by atoms with Crippen LogP contribution in [0.2, 0.25) is 0 Å². The summed E-state index contributed by atoms with van der Waals surface area (Å²) >= 11 is 1.23. The number of non-ortho nitro benzene ring substituents is 1. The Balaban J connectivity index is 0.00000353. The van der Waals surface area contributed by atoms with Crippen molar-refractivity contribution in [3.05, 3.63) is 75.8 Å². The molecule has 5 rings (SSSR count). The van der Waals surface area contributed by atoms with Gasteiger partial charge in [-0.05, 0) is 57.5 Å². The first-order valence-corrected chi connectivity index (χ1v) is 13.1. The van der Waals surface area contributed by atoms with Crippen molar-refractivity contribution in [2.75, 3.05) is 7.11 Å². The molecule has 0 unspecified atom stereocenters. The number of aromatic nitrogens is 5. The molecule has 0 aliphatic carbocycles. The minimum Gasteiger partial charge on any atom is -0.744 e. The normalized spacial score (nSPS) is 11.4. The van der Waals surface area contributed by atoms with Gasteiger partial charge >= 0.3 is 34.7 Å². The molecule has 194 valence electrons. The number of nitro groups is 1. The first kappa shape index (κ1) is 28.7. The van der Waals surface area contributed by atoms with Crippen molar-refractivity contribution in [3.8, 4) is 28.0 Å². The third kappa shape index (κ3) is 5.56. The summed E-state index contributed by atoms with van der Waals surface area (Å²) in [6.07, 6.45) is 0. The van der Waals surface area contributed by atoms with E-state index >= 15 is 0 Å². The summed E-state index contributed by atoms with van der Waals surface area (Å²) < 4.78 is 42.2. The molecule has 16 heteroatoms. The van der Waals surface area contributed by atoms with Crippen LogP contribution in [0.4, 0.5) is 5.69 Å². The molecule has 5 aromatic rings. The molecule has 2 heterocycles. The Bertz CT molecular complexity index is 1840. The van der Waals surface area contributed by atoms with Gasteiger partial charge in [0.15, 0.2) is 5.52 Å². The predicted octanol–water partition coefficient (Wildman–Crippen LogP) is -0.554. The SMILES string of the molecule is COc1ccc2nc(-[n+]3nc(-c4ccc(C)cc4S(=O)(=O)[O-])nn3-c3ccc([N+](=O)[O-])cc3CO)sc2c1.[Na+]. The van der Waals surface area contributed by atoms with Crippen LogP contribution in [0.15, 0.2) is 59.5 Å². The van der Waals surface area contributed by atoms with Gasteiger partial charge in [0, 0.05) is 28.9 Å². The molecule has 0 bridgehead atoms. The smallest absolute Gasteiger partial charge is 0.744 e. The number of fused-ring (bicyclic) bond motifs is 1. The Morgan fingerprint density at radius 3 is 2.59 bits per heavy atom. The van der Waals surface area contributed by atoms with Crippen LogP contribution in [0, 0.1) is 17.0 Å². The zero-order valence-electron chi connectivity index (χ0n) is 20.8. The number of aliphatic hydroxyl groups is 1. The van der Waals surface area contributed by atoms with E-state index in [1.54, 1.807) is 31.2 Å². The predicted molar refractivity (Wildman–Crippen MR) is 133 cm³/mol. The first-order valence-electron chi connectivity index (χ1n) is 10.9. The number of hydrogen-bond donors (Lipinski definition) is 1. The fraction of sp³-hybridized carbons (Fsp3) is 0.130. The van der Waals surface area contributed by atoms with Crippen LogP contribution in [0.1, 0.15) is 11.1 Å². The van der Waals surface area contributed by atoms with Crippen LogP contribution in [0.5, 0.6) is 5.75 Å². The number of ether oxygens (including phenoxy) is 1. The van der Waals surface area contributed by atoms with Crippen molar-refractivity contribution in [1.29, 1.82) is 0 Å². The maximum atomic E-state index is 12.0. The number of nitro benzene ring substituents is 1. The van der Waals surface area contributed by atoms with Crippen molar-refractivity contribution >= 4 is 37.4 Å². The van der Waals surface area contributed by atoms with Gasteiger partial charge in [-0.2, -0.15) is 0 Å². The Hall–Kier alpha value is -3.31. The largest absolute Gasteiger partial charge is 1.00 e. The van der Waals surface area contributed by atoms with Gasteiger partial charge in [0.1, 0.15) is 21.6 Å². The molecule has 3 aromatic carbocycles. The van der Waals surface area contributed by atoms with Crippen LogP contribution >= 0.6 is 11.3 Å². The zero-order valence-corrected chi connectivity index (χ0v) is 24.4. The summed E-state index contributed by atoms with van der Waals surface area (Å²) in [5, 5.41) is 30.5. The van der Waals surface area contributed by atoms with Gasteiger partial charge in [0.05, 0.1) is 33.8 Å². The maximum absolute atomic E-state index is 12.0. The molecule has 0 amide bonds. The zero-order chi connectivity index (χ0) is 27.2. The van der Waals surface area contributed by atoms with Gasteiger partial charge in [-0.3, -0.25) is 10.1 Å². The Morgan fingerprint density at radius 1 is 1.15 bits per heavy atom. The average molecular weight is 578 g/mol. The Kier molecular flexibility index (Phi) is 8.13. The van der Waals surface area contributed by atoms with E-state index in [0.717, 1.165) is 4.70 Å². The summed E-state index contributed by atoms with van der Waals surface area (Å²) in [6, 6.07) is 13.4. The number of hydrogen-bond acceptors (Lipinski definition) is 11. The number of thiazole rings is 1. The van der Waals surface area contributed by atoms with Crippen molar-refractivity contribution in [3.63, 3.8) is 0 Å². The van der Waals surface area contributed by atoms with Crippen molar-refractivity contribution < 1.29 is 62.1 Å². The number of nitrogens with zero attached hydrogens (tertiary/aromatic N) is 6. The van der Waals surface area contributed by atoms with Crippen LogP contribution < -0.4 is 39.1 Å². The Labute approximate surface area is 247 Å². The van der Waals surface area contributed by atoms with E-state index in [0.29, 0.717) is 22.0 Å². The number of benzene rings is 3. The second-order valence-corrected chi connectivity index (χ2v) is 10.5. The van der Waals surface area contributed by atoms with Crippen molar-refractivity contribution in [1.82, 2.24) is 20.0 Å². The molecular weight excluding hydrogens is 559 g/mol. The van der Waals surface area contributed by atoms with Crippen molar-refractivity contribution in [2.24, 2.45) is 0 Å². The monoisotopic (exact) mass is 577 g/mol. The second kappa shape index (κ2) is 11.1. The summed E-state index contributed by atoms with van der Waals surface area (Å²) in [6.45, 7) is 1.08.